The van der Waals surface area contributed by atoms with Gasteiger partial charge in [-0.1, -0.05) is 164 Å². The molecule has 16 heteroatoms. The average molecular weight is 987 g/mol. The van der Waals surface area contributed by atoms with Gasteiger partial charge in [-0.3, -0.25) is 18.9 Å². The molecular weight excluding hydrogens is 910 g/mol. The zero-order chi connectivity index (χ0) is 48.0. The van der Waals surface area contributed by atoms with E-state index in [9.17, 15) is 37.6 Å². The minimum atomic E-state index is -5.20. The number of benzene rings is 2. The van der Waals surface area contributed by atoms with Crippen LogP contribution in [0, 0.1) is 0 Å². The zero-order valence-electron chi connectivity index (χ0n) is 39.1. The SMILES string of the molecule is CCCCCCCCCCCCC(OC(=O)CCCCCCCCc1ccc(Cl)cc1)C(=O)N[C@H]1C(O)O[C@H](CO)[C@@H](OS(=O)(=O)O)[C@@H]1OC(=O)CCCCCCCCc1ccc(Cl)cc1. The summed E-state index contributed by atoms with van der Waals surface area (Å²) in [5.74, 6) is -2.13. The number of hydrogen-bond donors (Lipinski definition) is 4. The molecule has 0 aliphatic carbocycles. The van der Waals surface area contributed by atoms with Crippen molar-refractivity contribution in [3.8, 4) is 0 Å². The highest BCUT2D eigenvalue weighted by molar-refractivity contribution is 7.80. The number of rotatable bonds is 36. The van der Waals surface area contributed by atoms with Gasteiger partial charge in [0, 0.05) is 22.9 Å². The molecule has 1 aliphatic heterocycles. The quantitative estimate of drug-likeness (QED) is 0.0287. The Bertz CT molecular complexity index is 1750. The zero-order valence-corrected chi connectivity index (χ0v) is 41.4. The standard InChI is InChI=1S/C50H77Cl2NO12S/c1-2-3-4-5-6-7-8-9-16-21-26-42(62-44(55)27-22-17-12-10-14-19-24-38-29-33-40(51)34-30-38)49(57)53-46-48(47(65-66(59,60)61)43(37-54)63-50(46)58)64-45(56)28-23-18-13-11-15-20-25-39-31-35-41(52)36-32-39/h29-36,42-43,46-48,50,54,58H,2-28,37H2,1H3,(H,53,57)(H,59,60,61)/t42?,43-,46-,47-,48-,50?/m1/s1. The van der Waals surface area contributed by atoms with Gasteiger partial charge in [0.1, 0.15) is 18.2 Å². The number of halogens is 2. The van der Waals surface area contributed by atoms with Gasteiger partial charge < -0.3 is 29.7 Å². The lowest BCUT2D eigenvalue weighted by molar-refractivity contribution is -0.254. The van der Waals surface area contributed by atoms with Gasteiger partial charge in [0.25, 0.3) is 5.91 Å². The van der Waals surface area contributed by atoms with E-state index in [0.29, 0.717) is 30.7 Å². The van der Waals surface area contributed by atoms with E-state index in [2.05, 4.69) is 12.2 Å². The van der Waals surface area contributed by atoms with Crippen LogP contribution in [-0.2, 0) is 56.0 Å². The fourth-order valence-electron chi connectivity index (χ4n) is 8.28. The summed E-state index contributed by atoms with van der Waals surface area (Å²) in [6.07, 6.45) is 14.9. The Morgan fingerprint density at radius 1 is 0.652 bits per heavy atom. The molecule has 1 saturated heterocycles. The summed E-state index contributed by atoms with van der Waals surface area (Å²) in [5.41, 5.74) is 2.46. The van der Waals surface area contributed by atoms with E-state index in [-0.39, 0.29) is 19.3 Å². The third kappa shape index (κ3) is 25.0. The van der Waals surface area contributed by atoms with Gasteiger partial charge in [-0.15, -0.1) is 0 Å². The average Bonchev–Trinajstić information content (AvgIpc) is 3.28. The third-order valence-electron chi connectivity index (χ3n) is 12.1. The topological polar surface area (TPSA) is 195 Å². The Morgan fingerprint density at radius 2 is 1.09 bits per heavy atom. The van der Waals surface area contributed by atoms with Crippen molar-refractivity contribution < 1.29 is 56.0 Å². The molecule has 66 heavy (non-hydrogen) atoms. The van der Waals surface area contributed by atoms with E-state index in [4.69, 9.17) is 41.6 Å². The van der Waals surface area contributed by atoms with Crippen LogP contribution in [0.5, 0.6) is 0 Å². The van der Waals surface area contributed by atoms with Crippen LogP contribution in [0.25, 0.3) is 0 Å². The number of aliphatic hydroxyl groups excluding tert-OH is 2. The van der Waals surface area contributed by atoms with Crippen LogP contribution in [0.3, 0.4) is 0 Å². The lowest BCUT2D eigenvalue weighted by Gasteiger charge is -2.43. The Kier molecular flexibility index (Phi) is 29.3. The van der Waals surface area contributed by atoms with Gasteiger partial charge in [0.2, 0.25) is 0 Å². The van der Waals surface area contributed by atoms with Crippen molar-refractivity contribution in [2.45, 2.75) is 217 Å². The van der Waals surface area contributed by atoms with E-state index in [1.54, 1.807) is 0 Å². The molecule has 13 nitrogen and oxygen atoms in total. The predicted molar refractivity (Wildman–Crippen MR) is 257 cm³/mol. The molecule has 0 saturated carbocycles. The molecule has 1 heterocycles. The summed E-state index contributed by atoms with van der Waals surface area (Å²) >= 11 is 12.0. The molecule has 1 amide bonds. The maximum atomic E-state index is 14.0. The number of ether oxygens (including phenoxy) is 3. The van der Waals surface area contributed by atoms with Gasteiger partial charge in [0.05, 0.1) is 6.61 Å². The first-order chi connectivity index (χ1) is 31.8. The van der Waals surface area contributed by atoms with Crippen LogP contribution < -0.4 is 5.32 Å². The van der Waals surface area contributed by atoms with Crippen molar-refractivity contribution in [1.29, 1.82) is 0 Å². The number of esters is 2. The summed E-state index contributed by atoms with van der Waals surface area (Å²) < 4.78 is 55.4. The Hall–Kier alpha value is -2.82. The van der Waals surface area contributed by atoms with Crippen molar-refractivity contribution in [3.05, 3.63) is 69.7 Å². The fourth-order valence-corrected chi connectivity index (χ4v) is 9.04. The lowest BCUT2D eigenvalue weighted by Crippen LogP contribution is -2.67. The van der Waals surface area contributed by atoms with Crippen molar-refractivity contribution in [1.82, 2.24) is 5.32 Å². The Morgan fingerprint density at radius 3 is 1.56 bits per heavy atom. The van der Waals surface area contributed by atoms with E-state index in [1.807, 2.05) is 48.5 Å². The summed E-state index contributed by atoms with van der Waals surface area (Å²) in [4.78, 5) is 40.4. The number of amides is 1. The van der Waals surface area contributed by atoms with Gasteiger partial charge in [-0.25, -0.2) is 4.18 Å². The smallest absolute Gasteiger partial charge is 0.397 e. The fraction of sp³-hybridized carbons (Fsp3) is 0.700. The van der Waals surface area contributed by atoms with Crippen LogP contribution in [0.2, 0.25) is 10.0 Å². The molecule has 3 rings (SSSR count). The van der Waals surface area contributed by atoms with Crippen LogP contribution in [0.15, 0.2) is 48.5 Å². The van der Waals surface area contributed by atoms with E-state index < -0.39 is 71.6 Å². The van der Waals surface area contributed by atoms with Gasteiger partial charge in [-0.2, -0.15) is 8.42 Å². The molecule has 0 aromatic heterocycles. The summed E-state index contributed by atoms with van der Waals surface area (Å²) in [6, 6.07) is 14.0. The first-order valence-corrected chi connectivity index (χ1v) is 26.7. The number of aliphatic hydroxyl groups is 2. The van der Waals surface area contributed by atoms with Crippen LogP contribution in [0.1, 0.15) is 179 Å². The van der Waals surface area contributed by atoms with E-state index >= 15 is 0 Å². The van der Waals surface area contributed by atoms with Crippen molar-refractivity contribution >= 4 is 51.4 Å². The van der Waals surface area contributed by atoms with Gasteiger partial charge >= 0.3 is 22.3 Å². The summed E-state index contributed by atoms with van der Waals surface area (Å²) in [7, 11) is -5.20. The number of unbranched alkanes of at least 4 members (excludes halogenated alkanes) is 19. The number of hydrogen-bond acceptors (Lipinski definition) is 11. The first kappa shape index (κ1) is 57.5. The number of aryl methyl sites for hydroxylation is 2. The molecule has 4 N–H and O–H groups in total. The first-order valence-electron chi connectivity index (χ1n) is 24.6. The summed E-state index contributed by atoms with van der Waals surface area (Å²) in [6.45, 7) is 1.31. The molecule has 2 unspecified atom stereocenters. The second kappa shape index (κ2) is 33.6. The van der Waals surface area contributed by atoms with Crippen molar-refractivity contribution in [2.24, 2.45) is 0 Å². The number of nitrogens with one attached hydrogen (secondary N) is 1. The van der Waals surface area contributed by atoms with Crippen LogP contribution in [0.4, 0.5) is 0 Å². The second-order valence-corrected chi connectivity index (χ2v) is 19.6. The third-order valence-corrected chi connectivity index (χ3v) is 13.0. The minimum absolute atomic E-state index is 0.0658. The molecular formula is C50H77Cl2NO12S. The molecule has 2 aromatic carbocycles. The lowest BCUT2D eigenvalue weighted by atomic mass is 9.96. The predicted octanol–water partition coefficient (Wildman–Crippen LogP) is 10.8. The molecule has 2 aromatic rings. The normalized spacial score (nSPS) is 19.0. The molecule has 374 valence electrons. The van der Waals surface area contributed by atoms with Gasteiger partial charge in [-0.05, 0) is 86.8 Å². The number of carbonyl (C=O) groups excluding carboxylic acids is 3. The summed E-state index contributed by atoms with van der Waals surface area (Å²) in [5, 5.41) is 25.2. The minimum Gasteiger partial charge on any atom is -0.457 e. The van der Waals surface area contributed by atoms with E-state index in [1.165, 1.54) is 43.2 Å². The van der Waals surface area contributed by atoms with Crippen LogP contribution >= 0.6 is 23.2 Å². The number of carbonyl (C=O) groups is 3. The van der Waals surface area contributed by atoms with Gasteiger partial charge in [0.15, 0.2) is 18.5 Å². The Balaban J connectivity index is 1.58. The highest BCUT2D eigenvalue weighted by Crippen LogP contribution is 2.28. The highest BCUT2D eigenvalue weighted by atomic mass is 35.5. The maximum absolute atomic E-state index is 14.0. The molecule has 1 aliphatic rings. The van der Waals surface area contributed by atoms with Crippen LogP contribution in [-0.4, -0.2) is 84.4 Å². The molecule has 0 bridgehead atoms. The highest BCUT2D eigenvalue weighted by Gasteiger charge is 2.51. The van der Waals surface area contributed by atoms with Crippen molar-refractivity contribution in [2.75, 3.05) is 6.61 Å². The molecule has 1 fully saturated rings. The maximum Gasteiger partial charge on any atom is 0.397 e. The molecule has 0 radical (unpaired) electrons. The molecule has 6 atom stereocenters. The second-order valence-electron chi connectivity index (χ2n) is 17.7. The Labute approximate surface area is 404 Å². The van der Waals surface area contributed by atoms with E-state index in [0.717, 1.165) is 101 Å². The monoisotopic (exact) mass is 985 g/mol. The largest absolute Gasteiger partial charge is 0.457 e. The van der Waals surface area contributed by atoms with Crippen molar-refractivity contribution in [3.63, 3.8) is 0 Å². The molecule has 0 spiro atoms.